The summed E-state index contributed by atoms with van der Waals surface area (Å²) in [6.07, 6.45) is -4.75. The van der Waals surface area contributed by atoms with Crippen LogP contribution in [0.5, 0.6) is 5.75 Å². The summed E-state index contributed by atoms with van der Waals surface area (Å²) in [4.78, 5) is 30.5. The van der Waals surface area contributed by atoms with Crippen molar-refractivity contribution in [1.82, 2.24) is 4.90 Å². The molecule has 4 rings (SSSR count). The summed E-state index contributed by atoms with van der Waals surface area (Å²) in [7, 11) is 1.60. The van der Waals surface area contributed by atoms with Crippen LogP contribution < -0.4 is 14.5 Å². The smallest absolute Gasteiger partial charge is 0.417 e. The highest BCUT2D eigenvalue weighted by Gasteiger charge is 2.44. The fraction of sp³-hybridized carbons (Fsp3) is 0.364. The van der Waals surface area contributed by atoms with Gasteiger partial charge in [-0.15, -0.1) is 0 Å². The first kappa shape index (κ1) is 22.4. The van der Waals surface area contributed by atoms with Gasteiger partial charge in [-0.25, -0.2) is 4.90 Å². The van der Waals surface area contributed by atoms with Gasteiger partial charge in [0.2, 0.25) is 5.91 Å². The Kier molecular flexibility index (Phi) is 6.05. The lowest BCUT2D eigenvalue weighted by atomic mass is 10.1. The minimum atomic E-state index is -4.68. The number of nitrogens with zero attached hydrogens (tertiary/aromatic N) is 3. The third-order valence-electron chi connectivity index (χ3n) is 5.83. The Morgan fingerprint density at radius 3 is 2.19 bits per heavy atom. The normalized spacial score (nSPS) is 20.2. The Hall–Kier alpha value is -2.78. The number of benzene rings is 2. The average Bonchev–Trinajstić information content (AvgIpc) is 3.07. The van der Waals surface area contributed by atoms with Gasteiger partial charge < -0.3 is 9.64 Å². The van der Waals surface area contributed by atoms with Gasteiger partial charge in [0.05, 0.1) is 35.8 Å². The number of hydrogen-bond acceptors (Lipinski definition) is 5. The zero-order chi connectivity index (χ0) is 23.0. The van der Waals surface area contributed by atoms with Crippen LogP contribution in [-0.4, -0.2) is 56.0 Å². The molecular formula is C22H21ClF3N3O3. The van der Waals surface area contributed by atoms with Gasteiger partial charge in [0.15, 0.2) is 0 Å². The lowest BCUT2D eigenvalue weighted by Crippen LogP contribution is -2.52. The van der Waals surface area contributed by atoms with Gasteiger partial charge in [-0.1, -0.05) is 11.6 Å². The first-order valence-electron chi connectivity index (χ1n) is 10.1. The van der Waals surface area contributed by atoms with Crippen LogP contribution in [-0.2, 0) is 15.8 Å². The summed E-state index contributed by atoms with van der Waals surface area (Å²) in [5.41, 5.74) is -0.160. The molecule has 0 saturated carbocycles. The van der Waals surface area contributed by atoms with Crippen molar-refractivity contribution in [2.24, 2.45) is 0 Å². The average molecular weight is 468 g/mol. The van der Waals surface area contributed by atoms with E-state index < -0.39 is 34.6 Å². The number of hydrogen-bond donors (Lipinski definition) is 0. The Balaban J connectivity index is 1.46. The van der Waals surface area contributed by atoms with Crippen LogP contribution in [0.1, 0.15) is 12.0 Å². The topological polar surface area (TPSA) is 53.1 Å². The number of piperazine rings is 1. The van der Waals surface area contributed by atoms with E-state index >= 15 is 0 Å². The Morgan fingerprint density at radius 2 is 1.59 bits per heavy atom. The number of amides is 2. The third-order valence-corrected chi connectivity index (χ3v) is 6.16. The van der Waals surface area contributed by atoms with E-state index in [2.05, 4.69) is 4.90 Å². The van der Waals surface area contributed by atoms with E-state index in [1.54, 1.807) is 7.11 Å². The number of anilines is 2. The number of ether oxygens (including phenoxy) is 1. The minimum absolute atomic E-state index is 0.0641. The predicted molar refractivity (Wildman–Crippen MR) is 114 cm³/mol. The standard InChI is InChI=1S/C22H21ClF3N3O3/c1-32-16-5-2-14(3-6-16)27-8-10-28(11-9-27)19-13-20(30)29(21(19)31)15-4-7-18(23)17(12-15)22(24,25)26/h2-7,12,19H,8-11,13H2,1H3/t19-/m0/s1. The van der Waals surface area contributed by atoms with E-state index in [9.17, 15) is 22.8 Å². The van der Waals surface area contributed by atoms with Gasteiger partial charge >= 0.3 is 6.18 Å². The van der Waals surface area contributed by atoms with E-state index in [-0.39, 0.29) is 12.1 Å². The molecule has 2 aromatic carbocycles. The molecule has 2 fully saturated rings. The molecule has 0 spiro atoms. The van der Waals surface area contributed by atoms with Gasteiger partial charge in [-0.3, -0.25) is 14.5 Å². The first-order chi connectivity index (χ1) is 15.2. The summed E-state index contributed by atoms with van der Waals surface area (Å²) in [5.74, 6) is -0.269. The summed E-state index contributed by atoms with van der Waals surface area (Å²) >= 11 is 5.66. The van der Waals surface area contributed by atoms with Crippen molar-refractivity contribution < 1.29 is 27.5 Å². The van der Waals surface area contributed by atoms with E-state index in [1.807, 2.05) is 29.2 Å². The van der Waals surface area contributed by atoms with E-state index in [1.165, 1.54) is 6.07 Å². The van der Waals surface area contributed by atoms with Crippen LogP contribution in [0.4, 0.5) is 24.5 Å². The van der Waals surface area contributed by atoms with Gasteiger partial charge in [-0.2, -0.15) is 13.2 Å². The van der Waals surface area contributed by atoms with Gasteiger partial charge in [0, 0.05) is 31.9 Å². The van der Waals surface area contributed by atoms with Crippen molar-refractivity contribution in [3.8, 4) is 5.75 Å². The zero-order valence-corrected chi connectivity index (χ0v) is 18.0. The second-order valence-electron chi connectivity index (χ2n) is 7.67. The highest BCUT2D eigenvalue weighted by Crippen LogP contribution is 2.38. The van der Waals surface area contributed by atoms with Crippen LogP contribution in [0.2, 0.25) is 5.02 Å². The second kappa shape index (κ2) is 8.63. The van der Waals surface area contributed by atoms with Crippen molar-refractivity contribution in [3.05, 3.63) is 53.1 Å². The molecule has 2 amide bonds. The maximum atomic E-state index is 13.2. The lowest BCUT2D eigenvalue weighted by molar-refractivity contribution is -0.137. The predicted octanol–water partition coefficient (Wildman–Crippen LogP) is 3.82. The molecule has 6 nitrogen and oxygen atoms in total. The molecule has 10 heteroatoms. The number of imide groups is 1. The van der Waals surface area contributed by atoms with Crippen LogP contribution >= 0.6 is 11.6 Å². The monoisotopic (exact) mass is 467 g/mol. The largest absolute Gasteiger partial charge is 0.497 e. The molecule has 32 heavy (non-hydrogen) atoms. The number of alkyl halides is 3. The highest BCUT2D eigenvalue weighted by molar-refractivity contribution is 6.31. The van der Waals surface area contributed by atoms with Crippen LogP contribution in [0.15, 0.2) is 42.5 Å². The fourth-order valence-corrected chi connectivity index (χ4v) is 4.35. The molecule has 2 aromatic rings. The van der Waals surface area contributed by atoms with Crippen LogP contribution in [0.3, 0.4) is 0 Å². The number of carbonyl (C=O) groups is 2. The number of carbonyl (C=O) groups excluding carboxylic acids is 2. The first-order valence-corrected chi connectivity index (χ1v) is 10.4. The summed E-state index contributed by atoms with van der Waals surface area (Å²) in [5, 5.41) is -0.480. The highest BCUT2D eigenvalue weighted by atomic mass is 35.5. The van der Waals surface area contributed by atoms with Crippen LogP contribution in [0, 0.1) is 0 Å². The molecule has 0 aromatic heterocycles. The molecule has 2 aliphatic heterocycles. The zero-order valence-electron chi connectivity index (χ0n) is 17.2. The SMILES string of the molecule is COc1ccc(N2CCN([C@H]3CC(=O)N(c4ccc(Cl)c(C(F)(F)F)c4)C3=O)CC2)cc1. The molecule has 0 N–H and O–H groups in total. The van der Waals surface area contributed by atoms with E-state index in [0.717, 1.165) is 28.5 Å². The fourth-order valence-electron chi connectivity index (χ4n) is 4.13. The molecule has 170 valence electrons. The van der Waals surface area contributed by atoms with Gasteiger partial charge in [-0.05, 0) is 42.5 Å². The molecular weight excluding hydrogens is 447 g/mol. The molecule has 0 unspecified atom stereocenters. The Labute approximate surface area is 188 Å². The molecule has 0 aliphatic carbocycles. The number of rotatable bonds is 4. The molecule has 2 saturated heterocycles. The summed E-state index contributed by atoms with van der Waals surface area (Å²) in [6, 6.07) is 10.0. The van der Waals surface area contributed by atoms with Gasteiger partial charge in [0.25, 0.3) is 5.91 Å². The van der Waals surface area contributed by atoms with Crippen LogP contribution in [0.25, 0.3) is 0 Å². The maximum absolute atomic E-state index is 13.2. The molecule has 0 radical (unpaired) electrons. The van der Waals surface area contributed by atoms with E-state index in [4.69, 9.17) is 16.3 Å². The van der Waals surface area contributed by atoms with Crippen molar-refractivity contribution in [3.63, 3.8) is 0 Å². The molecule has 1 atom stereocenters. The Morgan fingerprint density at radius 1 is 0.969 bits per heavy atom. The van der Waals surface area contributed by atoms with E-state index in [0.29, 0.717) is 26.2 Å². The Bertz CT molecular complexity index is 1020. The molecule has 2 aliphatic rings. The number of halogens is 4. The molecule has 2 heterocycles. The molecule has 0 bridgehead atoms. The quantitative estimate of drug-likeness (QED) is 0.640. The summed E-state index contributed by atoms with van der Waals surface area (Å²) < 4.78 is 44.8. The summed E-state index contributed by atoms with van der Waals surface area (Å²) in [6.45, 7) is 2.42. The number of methoxy groups -OCH3 is 1. The maximum Gasteiger partial charge on any atom is 0.417 e. The third kappa shape index (κ3) is 4.27. The van der Waals surface area contributed by atoms with Crippen molar-refractivity contribution >= 4 is 34.8 Å². The second-order valence-corrected chi connectivity index (χ2v) is 8.08. The minimum Gasteiger partial charge on any atom is -0.497 e. The van der Waals surface area contributed by atoms with Gasteiger partial charge in [0.1, 0.15) is 5.75 Å². The van der Waals surface area contributed by atoms with Crippen molar-refractivity contribution in [1.29, 1.82) is 0 Å². The lowest BCUT2D eigenvalue weighted by Gasteiger charge is -2.38. The van der Waals surface area contributed by atoms with Crippen molar-refractivity contribution in [2.75, 3.05) is 43.1 Å². The van der Waals surface area contributed by atoms with Crippen molar-refractivity contribution in [2.45, 2.75) is 18.6 Å².